The van der Waals surface area contributed by atoms with Crippen LogP contribution in [0.25, 0.3) is 11.1 Å². The number of anilines is 1. The molecule has 4 rings (SSSR count). The second-order valence-corrected chi connectivity index (χ2v) is 8.65. The average molecular weight is 493 g/mol. The summed E-state index contributed by atoms with van der Waals surface area (Å²) in [6.45, 7) is 3.36. The number of amides is 1. The lowest BCUT2D eigenvalue weighted by Gasteiger charge is -2.10. The van der Waals surface area contributed by atoms with Crippen molar-refractivity contribution in [3.8, 4) is 11.1 Å². The maximum atomic E-state index is 14.1. The van der Waals surface area contributed by atoms with Gasteiger partial charge >= 0.3 is 6.09 Å². The van der Waals surface area contributed by atoms with Gasteiger partial charge in [0.15, 0.2) is 0 Å². The first-order valence-electron chi connectivity index (χ1n) is 12.3. The lowest BCUT2D eigenvalue weighted by Crippen LogP contribution is -2.16. The third-order valence-electron chi connectivity index (χ3n) is 6.08. The molecule has 188 valence electrons. The van der Waals surface area contributed by atoms with E-state index < -0.39 is 17.7 Å². The van der Waals surface area contributed by atoms with E-state index in [4.69, 9.17) is 9.47 Å². The summed E-state index contributed by atoms with van der Waals surface area (Å²) < 4.78 is 38.7. The predicted molar refractivity (Wildman–Crippen MR) is 137 cm³/mol. The molecule has 1 aliphatic heterocycles. The molecule has 1 atom stereocenters. The first kappa shape index (κ1) is 25.5. The number of ether oxygens (including phenoxy) is 2. The number of nitrogens with zero attached hydrogens (tertiary/aromatic N) is 1. The van der Waals surface area contributed by atoms with Crippen LogP contribution in [0.1, 0.15) is 49.8 Å². The molecule has 1 N–H and O–H groups in total. The summed E-state index contributed by atoms with van der Waals surface area (Å²) in [6.07, 6.45) is 2.79. The maximum Gasteiger partial charge on any atom is 0.411 e. The van der Waals surface area contributed by atoms with Crippen LogP contribution >= 0.6 is 0 Å². The standard InChI is InChI=1S/C29H30F2N2O3/c1-2-3-17-35-18-19-36-29(34)32-23-13-11-21(12-14-23)20-7-9-22(10-8-20)26-15-16-27(33-26)28-24(30)5-4-6-25(28)31/h4-14,26H,2-3,15-19H2,1H3,(H,32,34). The summed E-state index contributed by atoms with van der Waals surface area (Å²) in [4.78, 5) is 16.5. The number of halogens is 2. The SMILES string of the molecule is CCCCOCCOC(=O)Nc1ccc(-c2ccc(C3CCC(c4c(F)cccc4F)=N3)cc2)cc1. The van der Waals surface area contributed by atoms with E-state index in [9.17, 15) is 13.6 Å². The molecular weight excluding hydrogens is 462 g/mol. The number of unbranched alkanes of at least 4 members (excludes halogenated alkanes) is 1. The van der Waals surface area contributed by atoms with Crippen molar-refractivity contribution in [2.45, 2.75) is 38.6 Å². The third kappa shape index (κ3) is 6.55. The Morgan fingerprint density at radius 2 is 1.61 bits per heavy atom. The van der Waals surface area contributed by atoms with Gasteiger partial charge in [0.05, 0.1) is 18.2 Å². The van der Waals surface area contributed by atoms with E-state index in [0.29, 0.717) is 37.5 Å². The van der Waals surface area contributed by atoms with Crippen molar-refractivity contribution in [2.75, 3.05) is 25.1 Å². The highest BCUT2D eigenvalue weighted by molar-refractivity contribution is 6.02. The number of benzene rings is 3. The molecule has 1 heterocycles. The van der Waals surface area contributed by atoms with Gasteiger partial charge in [0.2, 0.25) is 0 Å². The number of aliphatic imine (C=N–C) groups is 1. The fraction of sp³-hybridized carbons (Fsp3) is 0.310. The van der Waals surface area contributed by atoms with E-state index in [1.54, 1.807) is 0 Å². The van der Waals surface area contributed by atoms with E-state index in [2.05, 4.69) is 17.2 Å². The van der Waals surface area contributed by atoms with Crippen molar-refractivity contribution in [3.05, 3.63) is 89.5 Å². The highest BCUT2D eigenvalue weighted by atomic mass is 19.1. The molecule has 0 saturated carbocycles. The Kier molecular flexibility index (Phi) is 8.79. The van der Waals surface area contributed by atoms with Gasteiger partial charge in [-0.15, -0.1) is 0 Å². The lowest BCUT2D eigenvalue weighted by atomic mass is 9.99. The minimum atomic E-state index is -0.577. The molecular formula is C29H30F2N2O3. The fourth-order valence-electron chi connectivity index (χ4n) is 4.13. The van der Waals surface area contributed by atoms with Crippen LogP contribution in [0.15, 0.2) is 71.7 Å². The average Bonchev–Trinajstić information content (AvgIpc) is 3.36. The summed E-state index contributed by atoms with van der Waals surface area (Å²) in [5.41, 5.74) is 4.11. The van der Waals surface area contributed by atoms with E-state index in [0.717, 1.165) is 29.5 Å². The van der Waals surface area contributed by atoms with Gasteiger partial charge in [0.25, 0.3) is 0 Å². The normalized spacial score (nSPS) is 15.0. The zero-order chi connectivity index (χ0) is 25.3. The molecule has 0 aliphatic carbocycles. The fourth-order valence-corrected chi connectivity index (χ4v) is 4.13. The van der Waals surface area contributed by atoms with Crippen LogP contribution < -0.4 is 5.32 Å². The second-order valence-electron chi connectivity index (χ2n) is 8.65. The van der Waals surface area contributed by atoms with Crippen molar-refractivity contribution in [2.24, 2.45) is 4.99 Å². The number of hydrogen-bond donors (Lipinski definition) is 1. The van der Waals surface area contributed by atoms with Gasteiger partial charge < -0.3 is 9.47 Å². The van der Waals surface area contributed by atoms with Gasteiger partial charge in [0, 0.05) is 18.0 Å². The molecule has 3 aromatic rings. The Balaban J connectivity index is 1.32. The molecule has 0 aromatic heterocycles. The van der Waals surface area contributed by atoms with Crippen molar-refractivity contribution in [1.29, 1.82) is 0 Å². The molecule has 3 aromatic carbocycles. The molecule has 0 saturated heterocycles. The van der Waals surface area contributed by atoms with E-state index in [1.165, 1.54) is 18.2 Å². The highest BCUT2D eigenvalue weighted by Crippen LogP contribution is 2.33. The minimum absolute atomic E-state index is 0.0190. The van der Waals surface area contributed by atoms with Gasteiger partial charge in [-0.2, -0.15) is 0 Å². The van der Waals surface area contributed by atoms with Crippen LogP contribution in [-0.2, 0) is 9.47 Å². The summed E-state index contributed by atoms with van der Waals surface area (Å²) in [5, 5.41) is 2.71. The van der Waals surface area contributed by atoms with Crippen molar-refractivity contribution in [3.63, 3.8) is 0 Å². The van der Waals surface area contributed by atoms with Crippen LogP contribution in [-0.4, -0.2) is 31.6 Å². The topological polar surface area (TPSA) is 59.9 Å². The molecule has 1 unspecified atom stereocenters. The lowest BCUT2D eigenvalue weighted by molar-refractivity contribution is 0.0768. The number of rotatable bonds is 10. The predicted octanol–water partition coefficient (Wildman–Crippen LogP) is 7.32. The minimum Gasteiger partial charge on any atom is -0.447 e. The van der Waals surface area contributed by atoms with Crippen molar-refractivity contribution < 1.29 is 23.0 Å². The van der Waals surface area contributed by atoms with Gasteiger partial charge in [-0.1, -0.05) is 55.8 Å². The quantitative estimate of drug-likeness (QED) is 0.302. The number of carbonyl (C=O) groups is 1. The Morgan fingerprint density at radius 1 is 0.944 bits per heavy atom. The van der Waals surface area contributed by atoms with Gasteiger partial charge in [-0.25, -0.2) is 13.6 Å². The van der Waals surface area contributed by atoms with Crippen LogP contribution in [0.5, 0.6) is 0 Å². The molecule has 1 amide bonds. The molecule has 0 bridgehead atoms. The van der Waals surface area contributed by atoms with Gasteiger partial charge in [-0.05, 0) is 60.2 Å². The Morgan fingerprint density at radius 3 is 2.28 bits per heavy atom. The molecule has 0 fully saturated rings. The van der Waals surface area contributed by atoms with Crippen LogP contribution in [0.3, 0.4) is 0 Å². The molecule has 1 aliphatic rings. The monoisotopic (exact) mass is 492 g/mol. The Hall–Kier alpha value is -3.58. The van der Waals surface area contributed by atoms with Crippen molar-refractivity contribution >= 4 is 17.5 Å². The molecule has 0 radical (unpaired) electrons. The number of carbonyl (C=O) groups excluding carboxylic acids is 1. The summed E-state index contributed by atoms with van der Waals surface area (Å²) >= 11 is 0. The summed E-state index contributed by atoms with van der Waals surface area (Å²) in [6, 6.07) is 19.2. The van der Waals surface area contributed by atoms with E-state index in [-0.39, 0.29) is 18.2 Å². The molecule has 5 nitrogen and oxygen atoms in total. The first-order chi connectivity index (χ1) is 17.5. The smallest absolute Gasteiger partial charge is 0.411 e. The van der Waals surface area contributed by atoms with Crippen LogP contribution in [0.2, 0.25) is 0 Å². The molecule has 7 heteroatoms. The highest BCUT2D eigenvalue weighted by Gasteiger charge is 2.24. The Bertz CT molecular complexity index is 1170. The summed E-state index contributed by atoms with van der Waals surface area (Å²) in [7, 11) is 0. The number of hydrogen-bond acceptors (Lipinski definition) is 4. The second kappa shape index (κ2) is 12.4. The molecule has 36 heavy (non-hydrogen) atoms. The van der Waals surface area contributed by atoms with Crippen LogP contribution in [0.4, 0.5) is 19.3 Å². The van der Waals surface area contributed by atoms with E-state index in [1.807, 2.05) is 48.5 Å². The van der Waals surface area contributed by atoms with E-state index >= 15 is 0 Å². The third-order valence-corrected chi connectivity index (χ3v) is 6.08. The Labute approximate surface area is 210 Å². The van der Waals surface area contributed by atoms with Crippen molar-refractivity contribution in [1.82, 2.24) is 0 Å². The van der Waals surface area contributed by atoms with Gasteiger partial charge in [0.1, 0.15) is 18.2 Å². The largest absolute Gasteiger partial charge is 0.447 e. The zero-order valence-electron chi connectivity index (χ0n) is 20.3. The molecule has 0 spiro atoms. The first-order valence-corrected chi connectivity index (χ1v) is 12.3. The van der Waals surface area contributed by atoms with Gasteiger partial charge in [-0.3, -0.25) is 10.3 Å². The number of nitrogens with one attached hydrogen (secondary N) is 1. The zero-order valence-corrected chi connectivity index (χ0v) is 20.3. The maximum absolute atomic E-state index is 14.1. The van der Waals surface area contributed by atoms with Crippen LogP contribution in [0, 0.1) is 11.6 Å². The summed E-state index contributed by atoms with van der Waals surface area (Å²) in [5.74, 6) is -1.15.